The summed E-state index contributed by atoms with van der Waals surface area (Å²) >= 11 is 6.32. The quantitative estimate of drug-likeness (QED) is 0.723. The van der Waals surface area contributed by atoms with Gasteiger partial charge in [0.05, 0.1) is 5.69 Å². The van der Waals surface area contributed by atoms with Crippen molar-refractivity contribution in [2.75, 3.05) is 13.1 Å². The average Bonchev–Trinajstić information content (AvgIpc) is 3.34. The molecule has 5 nitrogen and oxygen atoms in total. The van der Waals surface area contributed by atoms with E-state index in [0.717, 1.165) is 47.9 Å². The van der Waals surface area contributed by atoms with Crippen molar-refractivity contribution in [2.24, 2.45) is 0 Å². The molecule has 1 aromatic carbocycles. The van der Waals surface area contributed by atoms with Gasteiger partial charge in [-0.2, -0.15) is 0 Å². The molecular formula is C21H23ClN4O. The van der Waals surface area contributed by atoms with Crippen LogP contribution in [0.25, 0.3) is 5.65 Å². The first-order valence-corrected chi connectivity index (χ1v) is 9.76. The normalized spacial score (nSPS) is 15.4. The third kappa shape index (κ3) is 3.57. The highest BCUT2D eigenvalue weighted by Gasteiger charge is 2.26. The summed E-state index contributed by atoms with van der Waals surface area (Å²) in [5.74, 6) is 0.0263. The summed E-state index contributed by atoms with van der Waals surface area (Å²) in [6.07, 6.45) is 4.09. The largest absolute Gasteiger partial charge is 0.337 e. The first kappa shape index (κ1) is 18.0. The number of nitrogens with one attached hydrogen (secondary N) is 1. The minimum absolute atomic E-state index is 0.0263. The smallest absolute Gasteiger partial charge is 0.274 e. The van der Waals surface area contributed by atoms with Gasteiger partial charge in [0.15, 0.2) is 5.69 Å². The predicted octanol–water partition coefficient (Wildman–Crippen LogP) is 4.07. The maximum absolute atomic E-state index is 13.0. The van der Waals surface area contributed by atoms with Gasteiger partial charge >= 0.3 is 0 Å². The third-order valence-electron chi connectivity index (χ3n) is 5.17. The fourth-order valence-corrected chi connectivity index (χ4v) is 3.94. The molecule has 0 bridgehead atoms. The van der Waals surface area contributed by atoms with Gasteiger partial charge in [-0.25, -0.2) is 4.98 Å². The van der Waals surface area contributed by atoms with Gasteiger partial charge in [0, 0.05) is 36.9 Å². The highest BCUT2D eigenvalue weighted by molar-refractivity contribution is 6.31. The lowest BCUT2D eigenvalue weighted by atomic mass is 10.1. The minimum atomic E-state index is 0.0263. The number of likely N-dealkylation sites (tertiary alicyclic amines) is 1. The highest BCUT2D eigenvalue weighted by Crippen LogP contribution is 2.23. The number of rotatable bonds is 5. The Morgan fingerprint density at radius 1 is 1.19 bits per heavy atom. The maximum atomic E-state index is 13.0. The Morgan fingerprint density at radius 3 is 2.70 bits per heavy atom. The number of hydrogen-bond donors (Lipinski definition) is 1. The minimum Gasteiger partial charge on any atom is -0.337 e. The molecule has 0 spiro atoms. The van der Waals surface area contributed by atoms with Crippen LogP contribution in [0.1, 0.15) is 47.6 Å². The van der Waals surface area contributed by atoms with Crippen LogP contribution in [-0.4, -0.2) is 33.3 Å². The van der Waals surface area contributed by atoms with E-state index >= 15 is 0 Å². The van der Waals surface area contributed by atoms with E-state index in [9.17, 15) is 4.79 Å². The van der Waals surface area contributed by atoms with E-state index in [1.54, 1.807) is 0 Å². The average molecular weight is 383 g/mol. The molecule has 1 fully saturated rings. The zero-order chi connectivity index (χ0) is 18.8. The van der Waals surface area contributed by atoms with Crippen LogP contribution in [0.5, 0.6) is 0 Å². The monoisotopic (exact) mass is 382 g/mol. The molecule has 1 aliphatic heterocycles. The fraction of sp³-hybridized carbons (Fsp3) is 0.333. The molecule has 6 heteroatoms. The molecule has 3 heterocycles. The molecule has 0 radical (unpaired) electrons. The molecule has 27 heavy (non-hydrogen) atoms. The van der Waals surface area contributed by atoms with E-state index < -0.39 is 0 Å². The molecule has 0 aliphatic carbocycles. The molecule has 0 saturated carbocycles. The fourth-order valence-electron chi connectivity index (χ4n) is 3.64. The van der Waals surface area contributed by atoms with Gasteiger partial charge < -0.3 is 14.6 Å². The third-order valence-corrected chi connectivity index (χ3v) is 5.52. The predicted molar refractivity (Wildman–Crippen MR) is 107 cm³/mol. The number of fused-ring (bicyclic) bond motifs is 1. The lowest BCUT2D eigenvalue weighted by Crippen LogP contribution is -2.30. The summed E-state index contributed by atoms with van der Waals surface area (Å²) in [6, 6.07) is 13.7. The molecule has 2 aromatic heterocycles. The SMILES string of the molecule is CC(NCc1c(C(=O)N2CCCC2)nc2ccccn12)c1ccccc1Cl. The second-order valence-electron chi connectivity index (χ2n) is 6.96. The first-order chi connectivity index (χ1) is 13.1. The van der Waals surface area contributed by atoms with Crippen LogP contribution in [0.15, 0.2) is 48.7 Å². The van der Waals surface area contributed by atoms with Crippen molar-refractivity contribution >= 4 is 23.2 Å². The number of halogens is 1. The van der Waals surface area contributed by atoms with Crippen LogP contribution >= 0.6 is 11.6 Å². The van der Waals surface area contributed by atoms with Crippen molar-refractivity contribution in [1.29, 1.82) is 0 Å². The molecule has 1 atom stereocenters. The first-order valence-electron chi connectivity index (χ1n) is 9.38. The lowest BCUT2D eigenvalue weighted by Gasteiger charge is -2.18. The van der Waals surface area contributed by atoms with E-state index in [1.807, 2.05) is 58.0 Å². The van der Waals surface area contributed by atoms with Crippen molar-refractivity contribution in [1.82, 2.24) is 19.6 Å². The van der Waals surface area contributed by atoms with Gasteiger partial charge in [-0.05, 0) is 43.5 Å². The Labute approximate surface area is 164 Å². The molecule has 1 amide bonds. The van der Waals surface area contributed by atoms with Crippen LogP contribution in [0.4, 0.5) is 0 Å². The van der Waals surface area contributed by atoms with Gasteiger partial charge in [0.1, 0.15) is 5.65 Å². The number of nitrogens with zero attached hydrogens (tertiary/aromatic N) is 3. The molecule has 1 N–H and O–H groups in total. The molecule has 1 saturated heterocycles. The van der Waals surface area contributed by atoms with E-state index in [4.69, 9.17) is 11.6 Å². The van der Waals surface area contributed by atoms with Gasteiger partial charge in [-0.15, -0.1) is 0 Å². The summed E-state index contributed by atoms with van der Waals surface area (Å²) in [5, 5.41) is 4.24. The van der Waals surface area contributed by atoms with Crippen molar-refractivity contribution < 1.29 is 4.79 Å². The van der Waals surface area contributed by atoms with E-state index in [0.29, 0.717) is 12.2 Å². The van der Waals surface area contributed by atoms with Crippen molar-refractivity contribution in [2.45, 2.75) is 32.4 Å². The van der Waals surface area contributed by atoms with Crippen molar-refractivity contribution in [3.8, 4) is 0 Å². The van der Waals surface area contributed by atoms with E-state index in [-0.39, 0.29) is 11.9 Å². The number of aromatic nitrogens is 2. The molecule has 3 aromatic rings. The number of hydrogen-bond acceptors (Lipinski definition) is 3. The summed E-state index contributed by atoms with van der Waals surface area (Å²) in [6.45, 7) is 4.24. The van der Waals surface area contributed by atoms with Gasteiger partial charge in [-0.3, -0.25) is 4.79 Å². The van der Waals surface area contributed by atoms with Gasteiger partial charge in [-0.1, -0.05) is 35.9 Å². The molecule has 1 unspecified atom stereocenters. The Hall–Kier alpha value is -2.37. The second-order valence-corrected chi connectivity index (χ2v) is 7.37. The van der Waals surface area contributed by atoms with Crippen LogP contribution in [0.2, 0.25) is 5.02 Å². The standard InChI is InChI=1S/C21H23ClN4O/c1-15(16-8-2-3-9-17(16)22)23-14-18-20(21(27)25-11-6-7-12-25)24-19-10-4-5-13-26(18)19/h2-5,8-10,13,15,23H,6-7,11-12,14H2,1H3. The van der Waals surface area contributed by atoms with Gasteiger partial charge in [0.25, 0.3) is 5.91 Å². The Bertz CT molecular complexity index is 962. The molecule has 4 rings (SSSR count). The zero-order valence-electron chi connectivity index (χ0n) is 15.4. The Kier molecular flexibility index (Phi) is 5.14. The summed E-state index contributed by atoms with van der Waals surface area (Å²) in [4.78, 5) is 19.5. The molecule has 140 valence electrons. The van der Waals surface area contributed by atoms with Crippen LogP contribution < -0.4 is 5.32 Å². The Morgan fingerprint density at radius 2 is 1.93 bits per heavy atom. The second kappa shape index (κ2) is 7.71. The van der Waals surface area contributed by atoms with Crippen LogP contribution in [0, 0.1) is 0 Å². The van der Waals surface area contributed by atoms with Crippen molar-refractivity contribution in [3.05, 3.63) is 70.6 Å². The molecular weight excluding hydrogens is 360 g/mol. The van der Waals surface area contributed by atoms with Crippen LogP contribution in [0.3, 0.4) is 0 Å². The summed E-state index contributed by atoms with van der Waals surface area (Å²) in [5.41, 5.74) is 3.27. The van der Waals surface area contributed by atoms with E-state index in [2.05, 4.69) is 17.2 Å². The topological polar surface area (TPSA) is 49.6 Å². The molecule has 1 aliphatic rings. The van der Waals surface area contributed by atoms with Crippen LogP contribution in [-0.2, 0) is 6.54 Å². The number of imidazole rings is 1. The van der Waals surface area contributed by atoms with E-state index in [1.165, 1.54) is 0 Å². The number of benzene rings is 1. The van der Waals surface area contributed by atoms with Gasteiger partial charge in [0.2, 0.25) is 0 Å². The number of carbonyl (C=O) groups excluding carboxylic acids is 1. The number of pyridine rings is 1. The Balaban J connectivity index is 1.63. The highest BCUT2D eigenvalue weighted by atomic mass is 35.5. The summed E-state index contributed by atoms with van der Waals surface area (Å²) in [7, 11) is 0. The zero-order valence-corrected chi connectivity index (χ0v) is 16.1. The summed E-state index contributed by atoms with van der Waals surface area (Å²) < 4.78 is 2.00. The number of amides is 1. The maximum Gasteiger partial charge on any atom is 0.274 e. The lowest BCUT2D eigenvalue weighted by molar-refractivity contribution is 0.0786. The van der Waals surface area contributed by atoms with Crippen molar-refractivity contribution in [3.63, 3.8) is 0 Å². The number of carbonyl (C=O) groups is 1.